The number of pyridine rings is 1. The van der Waals surface area contributed by atoms with Crippen molar-refractivity contribution in [3.8, 4) is 28.6 Å². The quantitative estimate of drug-likeness (QED) is 0.689. The van der Waals surface area contributed by atoms with E-state index in [0.717, 1.165) is 22.3 Å². The van der Waals surface area contributed by atoms with Crippen LogP contribution in [0.25, 0.3) is 22.3 Å². The molecule has 3 heterocycles. The molecule has 1 fully saturated rings. The minimum atomic E-state index is -0.166. The van der Waals surface area contributed by atoms with Crippen molar-refractivity contribution >= 4 is 16.9 Å². The van der Waals surface area contributed by atoms with E-state index in [1.54, 1.807) is 20.5 Å². The summed E-state index contributed by atoms with van der Waals surface area (Å²) < 4.78 is 18.9. The Morgan fingerprint density at radius 3 is 2.69 bits per heavy atom. The predicted octanol–water partition coefficient (Wildman–Crippen LogP) is 2.56. The molecule has 0 spiro atoms. The average molecular weight is 396 g/mol. The molecule has 8 nitrogen and oxygen atoms in total. The summed E-state index contributed by atoms with van der Waals surface area (Å²) in [7, 11) is 5.11. The number of fused-ring (bicyclic) bond motifs is 1. The van der Waals surface area contributed by atoms with E-state index in [2.05, 4.69) is 10.3 Å². The Balaban J connectivity index is 1.74. The number of hydrogen-bond acceptors (Lipinski definition) is 6. The second kappa shape index (κ2) is 7.62. The molecule has 29 heavy (non-hydrogen) atoms. The van der Waals surface area contributed by atoms with Crippen LogP contribution in [-0.4, -0.2) is 47.3 Å². The lowest BCUT2D eigenvalue weighted by atomic mass is 10.0. The van der Waals surface area contributed by atoms with E-state index in [1.165, 1.54) is 0 Å². The molecule has 1 aliphatic heterocycles. The topological polar surface area (TPSA) is 87.5 Å². The first-order chi connectivity index (χ1) is 14.0. The number of hydrogen-bond donors (Lipinski definition) is 1. The van der Waals surface area contributed by atoms with Gasteiger partial charge in [-0.2, -0.15) is 0 Å². The van der Waals surface area contributed by atoms with Gasteiger partial charge >= 0.3 is 0 Å². The largest absolute Gasteiger partial charge is 0.493 e. The van der Waals surface area contributed by atoms with Crippen LogP contribution in [0.3, 0.4) is 0 Å². The van der Waals surface area contributed by atoms with E-state index < -0.39 is 0 Å². The normalized spacial score (nSPS) is 17.2. The zero-order valence-corrected chi connectivity index (χ0v) is 16.9. The maximum atomic E-state index is 11.6. The van der Waals surface area contributed by atoms with Gasteiger partial charge in [0.25, 0.3) is 0 Å². The SMILES string of the molecule is COc1ccc(-c2cc3ncn(C)c3c(OC(C)C3CNC(=O)C3)n2)cc1OC. The summed E-state index contributed by atoms with van der Waals surface area (Å²) in [5, 5.41) is 2.86. The van der Waals surface area contributed by atoms with Crippen LogP contribution in [-0.2, 0) is 11.8 Å². The fraction of sp³-hybridized carbons (Fsp3) is 0.381. The molecule has 1 amide bonds. The summed E-state index contributed by atoms with van der Waals surface area (Å²) in [5.41, 5.74) is 3.19. The van der Waals surface area contributed by atoms with E-state index in [-0.39, 0.29) is 17.9 Å². The van der Waals surface area contributed by atoms with Crippen molar-refractivity contribution < 1.29 is 19.0 Å². The first-order valence-corrected chi connectivity index (χ1v) is 9.48. The van der Waals surface area contributed by atoms with Crippen LogP contribution in [0.2, 0.25) is 0 Å². The minimum Gasteiger partial charge on any atom is -0.493 e. The highest BCUT2D eigenvalue weighted by Gasteiger charge is 2.29. The number of carbonyl (C=O) groups is 1. The van der Waals surface area contributed by atoms with Crippen LogP contribution < -0.4 is 19.5 Å². The van der Waals surface area contributed by atoms with Crippen molar-refractivity contribution in [2.75, 3.05) is 20.8 Å². The summed E-state index contributed by atoms with van der Waals surface area (Å²) in [6, 6.07) is 7.57. The summed E-state index contributed by atoms with van der Waals surface area (Å²) >= 11 is 0. The average Bonchev–Trinajstić information content (AvgIpc) is 3.33. The van der Waals surface area contributed by atoms with Crippen LogP contribution in [0.4, 0.5) is 0 Å². The Morgan fingerprint density at radius 1 is 1.21 bits per heavy atom. The van der Waals surface area contributed by atoms with Crippen molar-refractivity contribution in [2.45, 2.75) is 19.4 Å². The standard InChI is InChI=1S/C21H24N4O4/c1-12(14-8-19(26)22-10-14)29-21-20-16(23-11-25(20)2)9-15(24-21)13-5-6-17(27-3)18(7-13)28-4/h5-7,9,11-12,14H,8,10H2,1-4H3,(H,22,26). The molecule has 1 aromatic carbocycles. The van der Waals surface area contributed by atoms with E-state index >= 15 is 0 Å². The molecule has 2 unspecified atom stereocenters. The van der Waals surface area contributed by atoms with Crippen molar-refractivity contribution in [3.63, 3.8) is 0 Å². The minimum absolute atomic E-state index is 0.0585. The van der Waals surface area contributed by atoms with Gasteiger partial charge in [0.1, 0.15) is 11.6 Å². The highest BCUT2D eigenvalue weighted by atomic mass is 16.5. The lowest BCUT2D eigenvalue weighted by molar-refractivity contribution is -0.119. The number of amides is 1. The van der Waals surface area contributed by atoms with Gasteiger partial charge in [0.05, 0.1) is 31.8 Å². The first kappa shape index (κ1) is 19.0. The van der Waals surface area contributed by atoms with Gasteiger partial charge in [-0.3, -0.25) is 4.79 Å². The molecule has 2 atom stereocenters. The Hall–Kier alpha value is -3.29. The van der Waals surface area contributed by atoms with Gasteiger partial charge in [0.2, 0.25) is 11.8 Å². The fourth-order valence-electron chi connectivity index (χ4n) is 3.60. The van der Waals surface area contributed by atoms with Gasteiger partial charge in [-0.1, -0.05) is 0 Å². The van der Waals surface area contributed by atoms with Gasteiger partial charge in [0, 0.05) is 31.5 Å². The van der Waals surface area contributed by atoms with Crippen LogP contribution >= 0.6 is 0 Å². The second-order valence-electron chi connectivity index (χ2n) is 7.20. The Morgan fingerprint density at radius 2 is 2.00 bits per heavy atom. The number of nitrogens with one attached hydrogen (secondary N) is 1. The lowest BCUT2D eigenvalue weighted by Crippen LogP contribution is -2.26. The Kier molecular flexibility index (Phi) is 5.00. The summed E-state index contributed by atoms with van der Waals surface area (Å²) in [6.45, 7) is 2.59. The molecule has 3 aromatic rings. The Labute approximate surface area is 168 Å². The van der Waals surface area contributed by atoms with Crippen LogP contribution in [0.1, 0.15) is 13.3 Å². The third-order valence-corrected chi connectivity index (χ3v) is 5.31. The lowest BCUT2D eigenvalue weighted by Gasteiger charge is -2.20. The van der Waals surface area contributed by atoms with Crippen molar-refractivity contribution in [3.05, 3.63) is 30.6 Å². The molecule has 1 saturated heterocycles. The van der Waals surface area contributed by atoms with Gasteiger partial charge in [-0.05, 0) is 31.2 Å². The number of nitrogens with zero attached hydrogens (tertiary/aromatic N) is 3. The maximum absolute atomic E-state index is 11.6. The molecule has 152 valence electrons. The monoisotopic (exact) mass is 396 g/mol. The summed E-state index contributed by atoms with van der Waals surface area (Å²) in [5.74, 6) is 1.94. The highest BCUT2D eigenvalue weighted by Crippen LogP contribution is 2.35. The van der Waals surface area contributed by atoms with Crippen molar-refractivity contribution in [1.29, 1.82) is 0 Å². The zero-order chi connectivity index (χ0) is 20.5. The van der Waals surface area contributed by atoms with Crippen molar-refractivity contribution in [2.24, 2.45) is 13.0 Å². The van der Waals surface area contributed by atoms with Crippen molar-refractivity contribution in [1.82, 2.24) is 19.9 Å². The van der Waals surface area contributed by atoms with E-state index in [4.69, 9.17) is 19.2 Å². The van der Waals surface area contributed by atoms with Crippen LogP contribution in [0, 0.1) is 5.92 Å². The number of ether oxygens (including phenoxy) is 3. The fourth-order valence-corrected chi connectivity index (χ4v) is 3.60. The number of aromatic nitrogens is 3. The molecule has 0 bridgehead atoms. The molecule has 4 rings (SSSR count). The molecular formula is C21H24N4O4. The molecule has 1 N–H and O–H groups in total. The van der Waals surface area contributed by atoms with Gasteiger partial charge in [-0.25, -0.2) is 9.97 Å². The third-order valence-electron chi connectivity index (χ3n) is 5.31. The third kappa shape index (κ3) is 3.57. The number of aryl methyl sites for hydroxylation is 1. The smallest absolute Gasteiger partial charge is 0.241 e. The number of rotatable bonds is 6. The molecule has 2 aromatic heterocycles. The number of benzene rings is 1. The Bertz CT molecular complexity index is 1060. The van der Waals surface area contributed by atoms with Crippen LogP contribution in [0.15, 0.2) is 30.6 Å². The van der Waals surface area contributed by atoms with E-state index in [9.17, 15) is 4.79 Å². The predicted molar refractivity (Wildman–Crippen MR) is 108 cm³/mol. The van der Waals surface area contributed by atoms with Gasteiger partial charge in [0.15, 0.2) is 11.5 Å². The molecular weight excluding hydrogens is 372 g/mol. The highest BCUT2D eigenvalue weighted by molar-refractivity contribution is 5.85. The maximum Gasteiger partial charge on any atom is 0.241 e. The summed E-state index contributed by atoms with van der Waals surface area (Å²) in [4.78, 5) is 20.8. The van der Waals surface area contributed by atoms with Gasteiger partial charge in [-0.15, -0.1) is 0 Å². The first-order valence-electron chi connectivity index (χ1n) is 9.48. The molecule has 1 aliphatic rings. The second-order valence-corrected chi connectivity index (χ2v) is 7.20. The molecule has 0 saturated carbocycles. The molecule has 8 heteroatoms. The van der Waals surface area contributed by atoms with Crippen LogP contribution in [0.5, 0.6) is 17.4 Å². The molecule has 0 radical (unpaired) electrons. The zero-order valence-electron chi connectivity index (χ0n) is 16.9. The van der Waals surface area contributed by atoms with Gasteiger partial charge < -0.3 is 24.1 Å². The number of imidazole rings is 1. The van der Waals surface area contributed by atoms with E-state index in [1.807, 2.05) is 42.8 Å². The molecule has 0 aliphatic carbocycles. The number of methoxy groups -OCH3 is 2. The number of carbonyl (C=O) groups excluding carboxylic acids is 1. The summed E-state index contributed by atoms with van der Waals surface area (Å²) in [6.07, 6.45) is 2.04. The van der Waals surface area contributed by atoms with E-state index in [0.29, 0.717) is 30.3 Å².